The lowest BCUT2D eigenvalue weighted by Crippen LogP contribution is -2.23. The Kier molecular flexibility index (Phi) is 3.49. The van der Waals surface area contributed by atoms with Gasteiger partial charge in [-0.25, -0.2) is 0 Å². The lowest BCUT2D eigenvalue weighted by Gasteiger charge is -2.30. The van der Waals surface area contributed by atoms with E-state index in [1.807, 2.05) is 13.0 Å². The van der Waals surface area contributed by atoms with Crippen LogP contribution in [0.2, 0.25) is 0 Å². The summed E-state index contributed by atoms with van der Waals surface area (Å²) in [6.45, 7) is 4.82. The van der Waals surface area contributed by atoms with E-state index < -0.39 is 0 Å². The van der Waals surface area contributed by atoms with Gasteiger partial charge in [0, 0.05) is 17.5 Å². The Labute approximate surface area is 120 Å². The topological polar surface area (TPSA) is 35.2 Å². The van der Waals surface area contributed by atoms with Crippen molar-refractivity contribution in [2.24, 2.45) is 5.73 Å². The number of hydrogen-bond acceptors (Lipinski definition) is 2. The van der Waals surface area contributed by atoms with E-state index in [0.29, 0.717) is 5.92 Å². The first-order valence-corrected chi connectivity index (χ1v) is 7.22. The molecule has 0 spiro atoms. The highest BCUT2D eigenvalue weighted by Gasteiger charge is 2.26. The first-order valence-electron chi connectivity index (χ1n) is 7.22. The summed E-state index contributed by atoms with van der Waals surface area (Å²) >= 11 is 0. The molecule has 0 aromatic heterocycles. The van der Waals surface area contributed by atoms with Gasteiger partial charge in [-0.05, 0) is 37.5 Å². The van der Waals surface area contributed by atoms with Crippen LogP contribution in [0.5, 0.6) is 5.75 Å². The molecule has 1 unspecified atom stereocenters. The second-order valence-electron chi connectivity index (χ2n) is 5.74. The highest BCUT2D eigenvalue weighted by atomic mass is 16.5. The van der Waals surface area contributed by atoms with Crippen LogP contribution in [0.15, 0.2) is 42.5 Å². The molecule has 0 fully saturated rings. The number of aryl methyl sites for hydroxylation is 1. The molecule has 0 bridgehead atoms. The molecule has 0 heterocycles. The second kappa shape index (κ2) is 5.29. The number of benzene rings is 2. The first kappa shape index (κ1) is 13.2. The van der Waals surface area contributed by atoms with E-state index in [-0.39, 0.29) is 6.04 Å². The van der Waals surface area contributed by atoms with Crippen LogP contribution in [0.25, 0.3) is 0 Å². The normalized spacial score (nSPS) is 18.1. The Morgan fingerprint density at radius 2 is 2.05 bits per heavy atom. The number of nitrogens with two attached hydrogens (primary N) is 1. The number of fused-ring (bicyclic) bond motifs is 1. The molecule has 0 saturated heterocycles. The monoisotopic (exact) mass is 267 g/mol. The molecule has 2 aromatic rings. The van der Waals surface area contributed by atoms with Gasteiger partial charge < -0.3 is 10.5 Å². The molecule has 0 saturated carbocycles. The zero-order chi connectivity index (χ0) is 14.1. The molecular formula is C18H21NO. The molecule has 20 heavy (non-hydrogen) atoms. The van der Waals surface area contributed by atoms with Crippen LogP contribution in [0.4, 0.5) is 0 Å². The van der Waals surface area contributed by atoms with Crippen molar-refractivity contribution in [3.05, 3.63) is 64.7 Å². The fourth-order valence-electron chi connectivity index (χ4n) is 2.86. The lowest BCUT2D eigenvalue weighted by molar-refractivity contribution is 0.272. The summed E-state index contributed by atoms with van der Waals surface area (Å²) in [6.07, 6.45) is 1.12. The molecular weight excluding hydrogens is 246 g/mol. The Bertz CT molecular complexity index is 619. The van der Waals surface area contributed by atoms with Gasteiger partial charge in [0.25, 0.3) is 0 Å². The van der Waals surface area contributed by atoms with E-state index >= 15 is 0 Å². The summed E-state index contributed by atoms with van der Waals surface area (Å²) in [7, 11) is 0. The van der Waals surface area contributed by atoms with Crippen molar-refractivity contribution in [2.75, 3.05) is 6.61 Å². The minimum atomic E-state index is -0.00132. The van der Waals surface area contributed by atoms with Crippen molar-refractivity contribution in [1.29, 1.82) is 0 Å². The van der Waals surface area contributed by atoms with Crippen molar-refractivity contribution in [2.45, 2.75) is 32.2 Å². The molecule has 104 valence electrons. The van der Waals surface area contributed by atoms with Crippen LogP contribution in [0, 0.1) is 6.92 Å². The van der Waals surface area contributed by atoms with Crippen LogP contribution in [-0.4, -0.2) is 6.61 Å². The van der Waals surface area contributed by atoms with Gasteiger partial charge in [-0.3, -0.25) is 0 Å². The SMILES string of the molecule is Cc1ccc(OCC2Cc3ccccc32)c([C@H](C)N)c1. The Balaban J connectivity index is 1.71. The Morgan fingerprint density at radius 3 is 2.80 bits per heavy atom. The average Bonchev–Trinajstić information content (AvgIpc) is 2.41. The van der Waals surface area contributed by atoms with Crippen molar-refractivity contribution in [1.82, 2.24) is 0 Å². The third-order valence-electron chi connectivity index (χ3n) is 4.06. The smallest absolute Gasteiger partial charge is 0.124 e. The van der Waals surface area contributed by atoms with Crippen molar-refractivity contribution in [3.63, 3.8) is 0 Å². The van der Waals surface area contributed by atoms with Gasteiger partial charge in [-0.1, -0.05) is 42.0 Å². The summed E-state index contributed by atoms with van der Waals surface area (Å²) in [5.74, 6) is 1.45. The lowest BCUT2D eigenvalue weighted by atomic mass is 9.78. The van der Waals surface area contributed by atoms with E-state index in [4.69, 9.17) is 10.5 Å². The molecule has 2 nitrogen and oxygen atoms in total. The van der Waals surface area contributed by atoms with Crippen molar-refractivity contribution in [3.8, 4) is 5.75 Å². The maximum Gasteiger partial charge on any atom is 0.124 e. The summed E-state index contributed by atoms with van der Waals surface area (Å²) in [4.78, 5) is 0. The summed E-state index contributed by atoms with van der Waals surface area (Å²) < 4.78 is 6.03. The van der Waals surface area contributed by atoms with E-state index in [2.05, 4.69) is 43.3 Å². The predicted molar refractivity (Wildman–Crippen MR) is 82.2 cm³/mol. The molecule has 0 radical (unpaired) electrons. The standard InChI is InChI=1S/C18H21NO/c1-12-7-8-18(17(9-12)13(2)19)20-11-15-10-14-5-3-4-6-16(14)15/h3-9,13,15H,10-11,19H2,1-2H3/t13-,15?/m0/s1. The van der Waals surface area contributed by atoms with Gasteiger partial charge in [0.2, 0.25) is 0 Å². The van der Waals surface area contributed by atoms with Crippen LogP contribution >= 0.6 is 0 Å². The van der Waals surface area contributed by atoms with Crippen LogP contribution in [0.3, 0.4) is 0 Å². The average molecular weight is 267 g/mol. The maximum absolute atomic E-state index is 6.03. The van der Waals surface area contributed by atoms with Crippen LogP contribution in [0.1, 0.15) is 41.1 Å². The molecule has 2 heteroatoms. The maximum atomic E-state index is 6.03. The summed E-state index contributed by atoms with van der Waals surface area (Å²) in [5.41, 5.74) is 11.2. The molecule has 2 aromatic carbocycles. The highest BCUT2D eigenvalue weighted by molar-refractivity contribution is 5.41. The number of rotatable bonds is 4. The second-order valence-corrected chi connectivity index (χ2v) is 5.74. The summed E-state index contributed by atoms with van der Waals surface area (Å²) in [5, 5.41) is 0. The molecule has 3 rings (SSSR count). The van der Waals surface area contributed by atoms with Crippen LogP contribution < -0.4 is 10.5 Å². The van der Waals surface area contributed by atoms with Crippen molar-refractivity contribution >= 4 is 0 Å². The largest absolute Gasteiger partial charge is 0.493 e. The third kappa shape index (κ3) is 2.44. The molecule has 2 N–H and O–H groups in total. The third-order valence-corrected chi connectivity index (χ3v) is 4.06. The van der Waals surface area contributed by atoms with Crippen molar-refractivity contribution < 1.29 is 4.74 Å². The van der Waals surface area contributed by atoms with E-state index in [0.717, 1.165) is 24.3 Å². The first-order chi connectivity index (χ1) is 9.65. The molecule has 1 aliphatic carbocycles. The highest BCUT2D eigenvalue weighted by Crippen LogP contribution is 2.35. The van der Waals surface area contributed by atoms with E-state index in [9.17, 15) is 0 Å². The predicted octanol–water partition coefficient (Wildman–Crippen LogP) is 3.73. The summed E-state index contributed by atoms with van der Waals surface area (Å²) in [6, 6.07) is 14.8. The van der Waals surface area contributed by atoms with Gasteiger partial charge in [0.1, 0.15) is 5.75 Å². The molecule has 0 aliphatic heterocycles. The molecule has 1 aliphatic rings. The van der Waals surface area contributed by atoms with E-state index in [1.54, 1.807) is 0 Å². The fraction of sp³-hybridized carbons (Fsp3) is 0.333. The zero-order valence-electron chi connectivity index (χ0n) is 12.1. The number of hydrogen-bond donors (Lipinski definition) is 1. The molecule has 0 amide bonds. The quantitative estimate of drug-likeness (QED) is 0.916. The van der Waals surface area contributed by atoms with Gasteiger partial charge in [-0.2, -0.15) is 0 Å². The fourth-order valence-corrected chi connectivity index (χ4v) is 2.86. The number of ether oxygens (including phenoxy) is 1. The minimum Gasteiger partial charge on any atom is -0.493 e. The van der Waals surface area contributed by atoms with Crippen LogP contribution in [-0.2, 0) is 6.42 Å². The van der Waals surface area contributed by atoms with Gasteiger partial charge in [0.15, 0.2) is 0 Å². The Morgan fingerprint density at radius 1 is 1.25 bits per heavy atom. The van der Waals surface area contributed by atoms with Gasteiger partial charge in [0.05, 0.1) is 6.61 Å². The van der Waals surface area contributed by atoms with Gasteiger partial charge in [-0.15, -0.1) is 0 Å². The Hall–Kier alpha value is -1.80. The minimum absolute atomic E-state index is 0.00132. The molecule has 2 atom stereocenters. The van der Waals surface area contributed by atoms with Gasteiger partial charge >= 0.3 is 0 Å². The zero-order valence-corrected chi connectivity index (χ0v) is 12.1. The van der Waals surface area contributed by atoms with E-state index in [1.165, 1.54) is 16.7 Å².